The van der Waals surface area contributed by atoms with E-state index in [9.17, 15) is 24.0 Å². The van der Waals surface area contributed by atoms with Crippen molar-refractivity contribution in [2.75, 3.05) is 27.2 Å². The van der Waals surface area contributed by atoms with Crippen molar-refractivity contribution in [3.05, 3.63) is 71.8 Å². The van der Waals surface area contributed by atoms with Crippen LogP contribution in [0.15, 0.2) is 60.7 Å². The summed E-state index contributed by atoms with van der Waals surface area (Å²) in [5, 5.41) is 6.02. The predicted octanol–water partition coefficient (Wildman–Crippen LogP) is 6.41. The summed E-state index contributed by atoms with van der Waals surface area (Å²) >= 11 is 0. The summed E-state index contributed by atoms with van der Waals surface area (Å²) in [4.78, 5) is 70.6. The van der Waals surface area contributed by atoms with Gasteiger partial charge in [-0.1, -0.05) is 95.8 Å². The Labute approximate surface area is 313 Å². The third-order valence-corrected chi connectivity index (χ3v) is 9.52. The summed E-state index contributed by atoms with van der Waals surface area (Å²) in [6.45, 7) is 10.8. The highest BCUT2D eigenvalue weighted by Crippen LogP contribution is 2.30. The summed E-state index contributed by atoms with van der Waals surface area (Å²) < 4.78 is 5.42. The fraction of sp³-hybridized carbons (Fsp3) is 0.605. The molecule has 0 bridgehead atoms. The van der Waals surface area contributed by atoms with Crippen LogP contribution in [-0.2, 0) is 41.6 Å². The predicted molar refractivity (Wildman–Crippen MR) is 208 cm³/mol. The van der Waals surface area contributed by atoms with Crippen molar-refractivity contribution in [3.63, 3.8) is 0 Å². The molecule has 288 valence electrons. The molecule has 0 unspecified atom stereocenters. The van der Waals surface area contributed by atoms with Gasteiger partial charge in [-0.3, -0.25) is 24.0 Å². The Bertz CT molecular complexity index is 1420. The van der Waals surface area contributed by atoms with Gasteiger partial charge in [0, 0.05) is 31.1 Å². The minimum absolute atomic E-state index is 0. The van der Waals surface area contributed by atoms with Gasteiger partial charge >= 0.3 is 0 Å². The molecule has 9 nitrogen and oxygen atoms in total. The van der Waals surface area contributed by atoms with Gasteiger partial charge in [0.05, 0.1) is 18.7 Å². The molecule has 2 aromatic rings. The van der Waals surface area contributed by atoms with Crippen LogP contribution >= 0.6 is 0 Å². The van der Waals surface area contributed by atoms with Gasteiger partial charge in [-0.05, 0) is 89.1 Å². The maximum atomic E-state index is 14.2. The number of hydrogen-bond donors (Lipinski definition) is 2. The van der Waals surface area contributed by atoms with Crippen LogP contribution in [-0.4, -0.2) is 79.0 Å². The molecule has 0 radical (unpaired) electrons. The van der Waals surface area contributed by atoms with Crippen molar-refractivity contribution in [2.45, 2.75) is 118 Å². The van der Waals surface area contributed by atoms with Gasteiger partial charge in [0.15, 0.2) is 11.6 Å². The number of carbonyl (C=O) groups is 5. The number of epoxide rings is 1. The van der Waals surface area contributed by atoms with Crippen LogP contribution in [0.4, 0.5) is 0 Å². The van der Waals surface area contributed by atoms with Crippen molar-refractivity contribution in [1.29, 1.82) is 0 Å². The highest BCUT2D eigenvalue weighted by Gasteiger charge is 2.50. The van der Waals surface area contributed by atoms with Crippen LogP contribution in [0.3, 0.4) is 0 Å². The first-order valence-corrected chi connectivity index (χ1v) is 18.7. The van der Waals surface area contributed by atoms with Gasteiger partial charge in [-0.2, -0.15) is 0 Å². The Kier molecular flexibility index (Phi) is 18.6. The lowest BCUT2D eigenvalue weighted by molar-refractivity contribution is -0.135. The van der Waals surface area contributed by atoms with Gasteiger partial charge in [0.2, 0.25) is 11.8 Å². The first-order chi connectivity index (χ1) is 24.2. The number of ether oxygens (including phenoxy) is 1. The Morgan fingerprint density at radius 1 is 0.769 bits per heavy atom. The van der Waals surface area contributed by atoms with E-state index in [2.05, 4.69) is 10.6 Å². The highest BCUT2D eigenvalue weighted by atomic mass is 16.6. The number of aryl methyl sites for hydroxylation is 1. The Morgan fingerprint density at radius 3 is 1.83 bits per heavy atom. The molecule has 5 atom stereocenters. The van der Waals surface area contributed by atoms with E-state index in [1.165, 1.54) is 0 Å². The number of carbonyl (C=O) groups excluding carboxylic acids is 5. The molecule has 1 saturated heterocycles. The minimum atomic E-state index is -0.894. The van der Waals surface area contributed by atoms with E-state index in [4.69, 9.17) is 4.74 Å². The monoisotopic (exact) mass is 719 g/mol. The van der Waals surface area contributed by atoms with E-state index in [-0.39, 0.29) is 61.3 Å². The Balaban J connectivity index is 0.00000936. The first-order valence-electron chi connectivity index (χ1n) is 18.7. The lowest BCUT2D eigenvalue weighted by atomic mass is 9.87. The van der Waals surface area contributed by atoms with Crippen molar-refractivity contribution < 1.29 is 28.7 Å². The van der Waals surface area contributed by atoms with Gasteiger partial charge in [0.25, 0.3) is 0 Å². The van der Waals surface area contributed by atoms with Gasteiger partial charge in [-0.15, -0.1) is 0 Å². The number of benzene rings is 2. The molecule has 52 heavy (non-hydrogen) atoms. The molecule has 0 spiro atoms. The normalized spacial score (nSPS) is 17.5. The first kappa shape index (κ1) is 44.5. The van der Waals surface area contributed by atoms with Crippen molar-refractivity contribution in [3.8, 4) is 0 Å². The number of nitrogens with zero attached hydrogens (tertiary/aromatic N) is 1. The summed E-state index contributed by atoms with van der Waals surface area (Å²) in [5.74, 6) is -2.14. The van der Waals surface area contributed by atoms with Crippen molar-refractivity contribution >= 4 is 29.2 Å². The van der Waals surface area contributed by atoms with Crippen molar-refractivity contribution in [2.24, 2.45) is 23.7 Å². The van der Waals surface area contributed by atoms with Gasteiger partial charge < -0.3 is 20.3 Å². The number of ketones is 3. The maximum Gasteiger partial charge on any atom is 0.224 e. The molecule has 1 heterocycles. The minimum Gasteiger partial charge on any atom is -0.361 e. The quantitative estimate of drug-likeness (QED) is 0.120. The summed E-state index contributed by atoms with van der Waals surface area (Å²) in [6.07, 6.45) is 3.39. The molecule has 1 aliphatic rings. The lowest BCUT2D eigenvalue weighted by Crippen LogP contribution is -2.50. The van der Waals surface area contributed by atoms with Crippen LogP contribution in [0.5, 0.6) is 0 Å². The zero-order valence-corrected chi connectivity index (χ0v) is 31.9. The second kappa shape index (κ2) is 21.7. The zero-order chi connectivity index (χ0) is 37.6. The van der Waals surface area contributed by atoms with E-state index in [1.807, 2.05) is 107 Å². The average molecular weight is 720 g/mol. The van der Waals surface area contributed by atoms with Gasteiger partial charge in [0.1, 0.15) is 11.4 Å². The van der Waals surface area contributed by atoms with E-state index < -0.39 is 29.5 Å². The van der Waals surface area contributed by atoms with Crippen LogP contribution in [0.2, 0.25) is 0 Å². The molecule has 0 aromatic heterocycles. The number of hydrogen-bond acceptors (Lipinski definition) is 7. The van der Waals surface area contributed by atoms with Crippen LogP contribution < -0.4 is 10.6 Å². The van der Waals surface area contributed by atoms with Crippen molar-refractivity contribution in [1.82, 2.24) is 15.5 Å². The zero-order valence-electron chi connectivity index (χ0n) is 31.9. The topological polar surface area (TPSA) is 125 Å². The fourth-order valence-electron chi connectivity index (χ4n) is 6.47. The van der Waals surface area contributed by atoms with Gasteiger partial charge in [-0.25, -0.2) is 0 Å². The Morgan fingerprint density at radius 2 is 1.29 bits per heavy atom. The molecule has 2 aromatic carbocycles. The molecule has 0 aliphatic carbocycles. The highest BCUT2D eigenvalue weighted by molar-refractivity contribution is 5.98. The molecule has 9 heteroatoms. The summed E-state index contributed by atoms with van der Waals surface area (Å²) in [7, 11) is 3.93. The van der Waals surface area contributed by atoms with Crippen LogP contribution in [0, 0.1) is 23.7 Å². The number of amides is 2. The molecule has 0 saturated carbocycles. The summed E-state index contributed by atoms with van der Waals surface area (Å²) in [5.41, 5.74) is 1.08. The fourth-order valence-corrected chi connectivity index (χ4v) is 6.47. The van der Waals surface area contributed by atoms with Crippen LogP contribution in [0.25, 0.3) is 0 Å². The third kappa shape index (κ3) is 15.5. The summed E-state index contributed by atoms with van der Waals surface area (Å²) in [6, 6.07) is 17.8. The molecule has 2 N–H and O–H groups in total. The number of rotatable bonds is 24. The van der Waals surface area contributed by atoms with E-state index in [1.54, 1.807) is 6.92 Å². The second-order valence-corrected chi connectivity index (χ2v) is 15.7. The van der Waals surface area contributed by atoms with Crippen LogP contribution in [0.1, 0.15) is 98.1 Å². The van der Waals surface area contributed by atoms with E-state index in [0.717, 1.165) is 17.7 Å². The Hall–Kier alpha value is -3.69. The largest absolute Gasteiger partial charge is 0.361 e. The molecule has 1 fully saturated rings. The molecule has 3 rings (SSSR count). The third-order valence-electron chi connectivity index (χ3n) is 9.52. The number of Topliss-reactive ketones (excluding diaryl/α,β-unsaturated/α-hetero) is 3. The van der Waals surface area contributed by atoms with E-state index >= 15 is 0 Å². The van der Waals surface area contributed by atoms with E-state index in [0.29, 0.717) is 51.6 Å². The standard InChI is InChI=1S/C42H61N3O6.CH4/c1-29(2)23-36(43-40(49)33(21-20-31-15-10-8-11-16-31)26-35(46)19-14-22-45(6)7)38(47)27-34(25-32-17-12-9-13-18-32)41(50)44-37(24-30(3)4)39(48)42(5)28-51-42;/h8-13,15-18,29-30,33-34,36-37H,14,19-28H2,1-7H3,(H,43,49)(H,44,50);1H4/t33-,34-,36+,37+,42-;/m1./s1. The lowest BCUT2D eigenvalue weighted by Gasteiger charge is -2.27. The molecular formula is C43H65N3O6. The maximum absolute atomic E-state index is 14.2. The smallest absolute Gasteiger partial charge is 0.224 e. The molecule has 1 aliphatic heterocycles. The molecular weight excluding hydrogens is 654 g/mol. The molecule has 2 amide bonds. The second-order valence-electron chi connectivity index (χ2n) is 15.7. The average Bonchev–Trinajstić information content (AvgIpc) is 3.83. The number of nitrogens with one attached hydrogen (secondary N) is 2. The SMILES string of the molecule is C.CC(C)C[C@H](NC(=O)[C@H](CCc1ccccc1)CC(=O)CCCN(C)C)C(=O)C[C@@H](Cc1ccccc1)C(=O)N[C@@H](CC(C)C)C(=O)[C@@]1(C)CO1.